The molecule has 28 heavy (non-hydrogen) atoms. The molecule has 2 unspecified atom stereocenters. The van der Waals surface area contributed by atoms with Crippen LogP contribution in [0, 0.1) is 0 Å². The van der Waals surface area contributed by atoms with E-state index in [1.165, 1.54) is 0 Å². The van der Waals surface area contributed by atoms with E-state index >= 15 is 0 Å². The molecule has 150 valence electrons. The van der Waals surface area contributed by atoms with E-state index in [1.807, 2.05) is 13.0 Å². The second-order valence-electron chi connectivity index (χ2n) is 7.16. The summed E-state index contributed by atoms with van der Waals surface area (Å²) in [5.41, 5.74) is 1.90. The van der Waals surface area contributed by atoms with Gasteiger partial charge in [-0.05, 0) is 50.3 Å². The minimum atomic E-state index is -1.06. The van der Waals surface area contributed by atoms with Crippen molar-refractivity contribution in [1.29, 1.82) is 0 Å². The van der Waals surface area contributed by atoms with Gasteiger partial charge in [-0.15, -0.1) is 0 Å². The number of hydrogen-bond donors (Lipinski definition) is 2. The summed E-state index contributed by atoms with van der Waals surface area (Å²) in [4.78, 5) is 35.7. The lowest BCUT2D eigenvalue weighted by molar-refractivity contribution is -0.143. The van der Waals surface area contributed by atoms with E-state index in [2.05, 4.69) is 5.32 Å². The molecule has 0 fully saturated rings. The molecule has 2 atom stereocenters. The maximum Gasteiger partial charge on any atom is 0.339 e. The van der Waals surface area contributed by atoms with Crippen LogP contribution in [0.3, 0.4) is 0 Å². The van der Waals surface area contributed by atoms with Gasteiger partial charge in [-0.2, -0.15) is 0 Å². The highest BCUT2D eigenvalue weighted by Crippen LogP contribution is 2.29. The van der Waals surface area contributed by atoms with Crippen molar-refractivity contribution in [2.24, 2.45) is 0 Å². The minimum absolute atomic E-state index is 0.317. The fourth-order valence-corrected chi connectivity index (χ4v) is 3.55. The van der Waals surface area contributed by atoms with Crippen LogP contribution in [-0.4, -0.2) is 29.1 Å². The van der Waals surface area contributed by atoms with Gasteiger partial charge in [-0.25, -0.2) is 9.59 Å². The van der Waals surface area contributed by atoms with Gasteiger partial charge in [0.25, 0.3) is 5.91 Å². The predicted octanol–water partition coefficient (Wildman–Crippen LogP) is 2.81. The first-order valence-electron chi connectivity index (χ1n) is 9.69. The molecular weight excluding hydrogens is 362 g/mol. The zero-order valence-corrected chi connectivity index (χ0v) is 16.1. The fraction of sp³-hybridized carbons (Fsp3) is 0.476. The molecule has 1 aromatic heterocycles. The quantitative estimate of drug-likeness (QED) is 0.675. The van der Waals surface area contributed by atoms with Crippen molar-refractivity contribution in [3.8, 4) is 5.75 Å². The van der Waals surface area contributed by atoms with Crippen LogP contribution < -0.4 is 15.7 Å². The third-order valence-corrected chi connectivity index (χ3v) is 5.09. The number of amides is 1. The molecule has 7 nitrogen and oxygen atoms in total. The van der Waals surface area contributed by atoms with Crippen LogP contribution in [0.1, 0.15) is 50.7 Å². The lowest BCUT2D eigenvalue weighted by Crippen LogP contribution is -2.46. The summed E-state index contributed by atoms with van der Waals surface area (Å²) in [6.45, 7) is 3.51. The first-order valence-corrected chi connectivity index (χ1v) is 9.69. The highest BCUT2D eigenvalue weighted by molar-refractivity contribution is 5.86. The number of unbranched alkanes of at least 4 members (excludes halogenated alkanes) is 1. The van der Waals surface area contributed by atoms with Crippen molar-refractivity contribution in [3.63, 3.8) is 0 Å². The van der Waals surface area contributed by atoms with Gasteiger partial charge >= 0.3 is 11.6 Å². The van der Waals surface area contributed by atoms with Gasteiger partial charge in [0.1, 0.15) is 17.4 Å². The SMILES string of the molecule is CCCCC(NC(=O)C(C)Oc1ccc2c3c(c(=O)oc2c1)CCC3)C(=O)O. The second-order valence-corrected chi connectivity index (χ2v) is 7.16. The minimum Gasteiger partial charge on any atom is -0.481 e. The predicted molar refractivity (Wildman–Crippen MR) is 104 cm³/mol. The fourth-order valence-electron chi connectivity index (χ4n) is 3.55. The lowest BCUT2D eigenvalue weighted by Gasteiger charge is -2.19. The molecule has 1 heterocycles. The normalized spacial score (nSPS) is 15.1. The van der Waals surface area contributed by atoms with E-state index in [0.29, 0.717) is 24.2 Å². The third kappa shape index (κ3) is 4.18. The highest BCUT2D eigenvalue weighted by Gasteiger charge is 2.24. The zero-order chi connectivity index (χ0) is 20.3. The Bertz CT molecular complexity index is 948. The molecule has 3 rings (SSSR count). The first-order chi connectivity index (χ1) is 13.4. The summed E-state index contributed by atoms with van der Waals surface area (Å²) in [6.07, 6.45) is 3.57. The molecule has 0 spiro atoms. The zero-order valence-electron chi connectivity index (χ0n) is 16.1. The summed E-state index contributed by atoms with van der Waals surface area (Å²) in [6, 6.07) is 4.24. The van der Waals surface area contributed by atoms with Crippen molar-refractivity contribution < 1.29 is 23.8 Å². The molecule has 1 aliphatic rings. The van der Waals surface area contributed by atoms with Crippen molar-refractivity contribution in [1.82, 2.24) is 5.32 Å². The largest absolute Gasteiger partial charge is 0.481 e. The highest BCUT2D eigenvalue weighted by atomic mass is 16.5. The number of nitrogens with one attached hydrogen (secondary N) is 1. The number of fused-ring (bicyclic) bond motifs is 3. The molecule has 0 saturated heterocycles. The average molecular weight is 387 g/mol. The van der Waals surface area contributed by atoms with Crippen molar-refractivity contribution >= 4 is 22.8 Å². The maximum absolute atomic E-state index is 12.3. The lowest BCUT2D eigenvalue weighted by atomic mass is 10.1. The Morgan fingerprint density at radius 2 is 2.04 bits per heavy atom. The number of rotatable bonds is 8. The van der Waals surface area contributed by atoms with Crippen LogP contribution in [0.5, 0.6) is 5.75 Å². The number of aryl methyl sites for hydroxylation is 1. The number of benzene rings is 1. The molecule has 0 saturated carbocycles. The Kier molecular flexibility index (Phi) is 6.02. The maximum atomic E-state index is 12.3. The van der Waals surface area contributed by atoms with Crippen LogP contribution >= 0.6 is 0 Å². The van der Waals surface area contributed by atoms with Crippen molar-refractivity contribution in [3.05, 3.63) is 39.7 Å². The van der Waals surface area contributed by atoms with E-state index < -0.39 is 24.0 Å². The van der Waals surface area contributed by atoms with E-state index in [-0.39, 0.29) is 5.63 Å². The molecule has 2 aromatic rings. The summed E-state index contributed by atoms with van der Waals surface area (Å²) < 4.78 is 11.1. The van der Waals surface area contributed by atoms with E-state index in [4.69, 9.17) is 9.15 Å². The molecule has 7 heteroatoms. The summed E-state index contributed by atoms with van der Waals surface area (Å²) in [5, 5.41) is 12.6. The number of carbonyl (C=O) groups excluding carboxylic acids is 1. The van der Waals surface area contributed by atoms with Gasteiger partial charge in [0.15, 0.2) is 6.10 Å². The summed E-state index contributed by atoms with van der Waals surface area (Å²) >= 11 is 0. The van der Waals surface area contributed by atoms with Gasteiger partial charge in [-0.3, -0.25) is 4.79 Å². The van der Waals surface area contributed by atoms with Gasteiger partial charge in [-0.1, -0.05) is 19.8 Å². The molecule has 0 radical (unpaired) electrons. The van der Waals surface area contributed by atoms with E-state index in [0.717, 1.165) is 42.2 Å². The molecule has 0 aliphatic heterocycles. The molecule has 1 amide bonds. The van der Waals surface area contributed by atoms with Crippen LogP contribution in [0.2, 0.25) is 0 Å². The Hall–Kier alpha value is -2.83. The van der Waals surface area contributed by atoms with Crippen LogP contribution in [-0.2, 0) is 22.4 Å². The molecule has 2 N–H and O–H groups in total. The number of hydrogen-bond acceptors (Lipinski definition) is 5. The second kappa shape index (κ2) is 8.46. The Morgan fingerprint density at radius 1 is 1.29 bits per heavy atom. The van der Waals surface area contributed by atoms with Gasteiger partial charge in [0.05, 0.1) is 0 Å². The standard InChI is InChI=1S/C21H25NO6/c1-3-4-8-17(20(24)25)22-19(23)12(2)27-13-9-10-15-14-6-5-7-16(14)21(26)28-18(15)11-13/h9-12,17H,3-8H2,1-2H3,(H,22,23)(H,24,25). The van der Waals surface area contributed by atoms with Gasteiger partial charge in [0.2, 0.25) is 0 Å². The van der Waals surface area contributed by atoms with Crippen LogP contribution in [0.15, 0.2) is 27.4 Å². The Labute approximate surface area is 162 Å². The van der Waals surface area contributed by atoms with Crippen LogP contribution in [0.4, 0.5) is 0 Å². The first kappa shape index (κ1) is 19.9. The summed E-state index contributed by atoms with van der Waals surface area (Å²) in [5.74, 6) is -1.17. The topological polar surface area (TPSA) is 106 Å². The number of aliphatic carboxylic acids is 1. The number of carboxylic acid groups (broad SMARTS) is 1. The molecule has 0 bridgehead atoms. The van der Waals surface area contributed by atoms with Crippen LogP contribution in [0.25, 0.3) is 11.0 Å². The Balaban J connectivity index is 1.73. The number of carbonyl (C=O) groups is 2. The number of ether oxygens (including phenoxy) is 1. The monoisotopic (exact) mass is 387 g/mol. The molecule has 1 aliphatic carbocycles. The smallest absolute Gasteiger partial charge is 0.339 e. The van der Waals surface area contributed by atoms with Crippen molar-refractivity contribution in [2.75, 3.05) is 0 Å². The van der Waals surface area contributed by atoms with Gasteiger partial charge < -0.3 is 19.6 Å². The molecule has 1 aromatic carbocycles. The summed E-state index contributed by atoms with van der Waals surface area (Å²) in [7, 11) is 0. The molecular formula is C21H25NO6. The van der Waals surface area contributed by atoms with Gasteiger partial charge in [0, 0.05) is 17.0 Å². The van der Waals surface area contributed by atoms with Crippen molar-refractivity contribution in [2.45, 2.75) is 64.5 Å². The average Bonchev–Trinajstić information content (AvgIpc) is 3.15. The van der Waals surface area contributed by atoms with E-state index in [9.17, 15) is 19.5 Å². The Morgan fingerprint density at radius 3 is 2.75 bits per heavy atom. The number of carboxylic acids is 1. The van der Waals surface area contributed by atoms with E-state index in [1.54, 1.807) is 19.1 Å². The third-order valence-electron chi connectivity index (χ3n) is 5.09.